The van der Waals surface area contributed by atoms with Gasteiger partial charge in [0, 0.05) is 11.9 Å². The molecule has 0 radical (unpaired) electrons. The van der Waals surface area contributed by atoms with Gasteiger partial charge in [0.2, 0.25) is 0 Å². The summed E-state index contributed by atoms with van der Waals surface area (Å²) in [7, 11) is 0. The molecule has 1 heterocycles. The van der Waals surface area contributed by atoms with E-state index in [0.717, 1.165) is 12.1 Å². The number of rotatable bonds is 1. The highest BCUT2D eigenvalue weighted by atomic mass is 19.4. The predicted octanol–water partition coefficient (Wildman–Crippen LogP) is 3.34. The van der Waals surface area contributed by atoms with E-state index in [1.54, 1.807) is 6.92 Å². The first kappa shape index (κ1) is 11.6. The molecule has 0 aliphatic heterocycles. The van der Waals surface area contributed by atoms with Crippen LogP contribution in [0.15, 0.2) is 30.7 Å². The minimum Gasteiger partial charge on any atom is -0.306 e. The number of aryl methyl sites for hydroxylation is 1. The lowest BCUT2D eigenvalue weighted by Crippen LogP contribution is -2.06. The molecule has 0 N–H and O–H groups in total. The van der Waals surface area contributed by atoms with Gasteiger partial charge in [0.15, 0.2) is 0 Å². The first-order valence-electron chi connectivity index (χ1n) is 4.75. The Bertz CT molecular complexity index is 543. The summed E-state index contributed by atoms with van der Waals surface area (Å²) < 4.78 is 51.9. The number of benzene rings is 1. The van der Waals surface area contributed by atoms with Gasteiger partial charge in [0.25, 0.3) is 0 Å². The molecule has 0 saturated heterocycles. The summed E-state index contributed by atoms with van der Waals surface area (Å²) in [4.78, 5) is 3.87. The summed E-state index contributed by atoms with van der Waals surface area (Å²) >= 11 is 0. The normalized spacial score (nSPS) is 11.8. The molecular formula is C11H8F4N2. The molecule has 6 heteroatoms. The fraction of sp³-hybridized carbons (Fsp3) is 0.182. The molecule has 2 aromatic rings. The smallest absolute Gasteiger partial charge is 0.306 e. The summed E-state index contributed by atoms with van der Waals surface area (Å²) in [6, 6.07) is 2.37. The molecule has 0 fully saturated rings. The van der Waals surface area contributed by atoms with Gasteiger partial charge < -0.3 is 4.57 Å². The average Bonchev–Trinajstić information content (AvgIpc) is 2.62. The first-order valence-corrected chi connectivity index (χ1v) is 4.75. The maximum atomic E-state index is 13.1. The van der Waals surface area contributed by atoms with E-state index in [-0.39, 0.29) is 5.69 Å². The van der Waals surface area contributed by atoms with E-state index >= 15 is 0 Å². The summed E-state index contributed by atoms with van der Waals surface area (Å²) in [5.41, 5.74) is -0.278. The number of hydrogen-bond acceptors (Lipinski definition) is 1. The van der Waals surface area contributed by atoms with Gasteiger partial charge in [-0.1, -0.05) is 0 Å². The SMILES string of the molecule is Cc1cn(-c2cc(F)cc(C(F)(F)F)c2)cn1. The Labute approximate surface area is 94.5 Å². The highest BCUT2D eigenvalue weighted by Crippen LogP contribution is 2.31. The minimum atomic E-state index is -4.56. The number of halogens is 4. The van der Waals surface area contributed by atoms with Crippen molar-refractivity contribution in [1.29, 1.82) is 0 Å². The van der Waals surface area contributed by atoms with Gasteiger partial charge in [-0.15, -0.1) is 0 Å². The summed E-state index contributed by atoms with van der Waals surface area (Å²) in [6.07, 6.45) is -1.70. The quantitative estimate of drug-likeness (QED) is 0.703. The van der Waals surface area contributed by atoms with Crippen molar-refractivity contribution in [3.63, 3.8) is 0 Å². The largest absolute Gasteiger partial charge is 0.416 e. The van der Waals surface area contributed by atoms with Crippen LogP contribution in [0.3, 0.4) is 0 Å². The zero-order chi connectivity index (χ0) is 12.6. The van der Waals surface area contributed by atoms with Crippen molar-refractivity contribution in [2.75, 3.05) is 0 Å². The molecule has 0 amide bonds. The van der Waals surface area contributed by atoms with Gasteiger partial charge in [-0.2, -0.15) is 13.2 Å². The van der Waals surface area contributed by atoms with Crippen molar-refractivity contribution in [3.05, 3.63) is 47.8 Å². The van der Waals surface area contributed by atoms with Gasteiger partial charge in [0.05, 0.1) is 17.6 Å². The van der Waals surface area contributed by atoms with Crippen LogP contribution < -0.4 is 0 Å². The topological polar surface area (TPSA) is 17.8 Å². The monoisotopic (exact) mass is 244 g/mol. The molecule has 2 rings (SSSR count). The molecule has 0 spiro atoms. The van der Waals surface area contributed by atoms with Crippen LogP contribution in [-0.4, -0.2) is 9.55 Å². The van der Waals surface area contributed by atoms with Crippen molar-refractivity contribution in [1.82, 2.24) is 9.55 Å². The maximum absolute atomic E-state index is 13.1. The number of hydrogen-bond donors (Lipinski definition) is 0. The Morgan fingerprint density at radius 3 is 2.41 bits per heavy atom. The lowest BCUT2D eigenvalue weighted by molar-refractivity contribution is -0.137. The molecule has 1 aromatic carbocycles. The van der Waals surface area contributed by atoms with Crippen LogP contribution in [0.2, 0.25) is 0 Å². The molecule has 17 heavy (non-hydrogen) atoms. The third kappa shape index (κ3) is 2.46. The molecule has 0 aliphatic rings. The van der Waals surface area contributed by atoms with E-state index in [2.05, 4.69) is 4.98 Å². The second kappa shape index (κ2) is 3.87. The van der Waals surface area contributed by atoms with Crippen LogP contribution in [0.25, 0.3) is 5.69 Å². The van der Waals surface area contributed by atoms with Crippen molar-refractivity contribution in [2.45, 2.75) is 13.1 Å². The van der Waals surface area contributed by atoms with E-state index < -0.39 is 17.6 Å². The summed E-state index contributed by atoms with van der Waals surface area (Å²) in [6.45, 7) is 1.69. The van der Waals surface area contributed by atoms with Crippen LogP contribution in [0.1, 0.15) is 11.3 Å². The lowest BCUT2D eigenvalue weighted by Gasteiger charge is -2.09. The highest BCUT2D eigenvalue weighted by molar-refractivity contribution is 5.38. The second-order valence-electron chi connectivity index (χ2n) is 3.62. The van der Waals surface area contributed by atoms with Gasteiger partial charge in [-0.25, -0.2) is 9.37 Å². The first-order chi connectivity index (χ1) is 7.86. The predicted molar refractivity (Wildman–Crippen MR) is 53.3 cm³/mol. The van der Waals surface area contributed by atoms with Crippen LogP contribution in [0, 0.1) is 12.7 Å². The van der Waals surface area contributed by atoms with E-state index in [1.807, 2.05) is 0 Å². The molecule has 0 bridgehead atoms. The number of aromatic nitrogens is 2. The van der Waals surface area contributed by atoms with Gasteiger partial charge in [-0.05, 0) is 25.1 Å². The van der Waals surface area contributed by atoms with Crippen molar-refractivity contribution in [3.8, 4) is 5.69 Å². The van der Waals surface area contributed by atoms with E-state index in [9.17, 15) is 17.6 Å². The minimum absolute atomic E-state index is 0.0953. The molecular weight excluding hydrogens is 236 g/mol. The molecule has 1 aromatic heterocycles. The van der Waals surface area contributed by atoms with E-state index in [4.69, 9.17) is 0 Å². The Morgan fingerprint density at radius 2 is 1.88 bits per heavy atom. The summed E-state index contributed by atoms with van der Waals surface area (Å²) in [5, 5.41) is 0. The summed E-state index contributed by atoms with van der Waals surface area (Å²) in [5.74, 6) is -0.929. The molecule has 2 nitrogen and oxygen atoms in total. The third-order valence-electron chi connectivity index (χ3n) is 2.22. The third-order valence-corrected chi connectivity index (χ3v) is 2.22. The van der Waals surface area contributed by atoms with Gasteiger partial charge in [0.1, 0.15) is 5.82 Å². The Hall–Kier alpha value is -1.85. The van der Waals surface area contributed by atoms with Crippen LogP contribution in [0.5, 0.6) is 0 Å². The average molecular weight is 244 g/mol. The Balaban J connectivity index is 2.52. The van der Waals surface area contributed by atoms with Crippen LogP contribution >= 0.6 is 0 Å². The molecule has 0 saturated carbocycles. The zero-order valence-electron chi connectivity index (χ0n) is 8.79. The van der Waals surface area contributed by atoms with E-state index in [0.29, 0.717) is 11.8 Å². The van der Waals surface area contributed by atoms with Gasteiger partial charge in [-0.3, -0.25) is 0 Å². The van der Waals surface area contributed by atoms with Crippen molar-refractivity contribution in [2.24, 2.45) is 0 Å². The highest BCUT2D eigenvalue weighted by Gasteiger charge is 2.31. The molecule has 0 unspecified atom stereocenters. The Kier molecular flexibility index (Phi) is 2.65. The fourth-order valence-electron chi connectivity index (χ4n) is 1.45. The molecule has 0 aliphatic carbocycles. The van der Waals surface area contributed by atoms with Gasteiger partial charge >= 0.3 is 6.18 Å². The zero-order valence-corrected chi connectivity index (χ0v) is 8.79. The van der Waals surface area contributed by atoms with Crippen molar-refractivity contribution >= 4 is 0 Å². The standard InChI is InChI=1S/C11H8F4N2/c1-7-5-17(6-16-7)10-3-8(11(13,14)15)2-9(12)4-10/h2-6H,1H3. The fourth-order valence-corrected chi connectivity index (χ4v) is 1.45. The van der Waals surface area contributed by atoms with Crippen molar-refractivity contribution < 1.29 is 17.6 Å². The maximum Gasteiger partial charge on any atom is 0.416 e. The Morgan fingerprint density at radius 1 is 1.18 bits per heavy atom. The van der Waals surface area contributed by atoms with Crippen LogP contribution in [0.4, 0.5) is 17.6 Å². The lowest BCUT2D eigenvalue weighted by atomic mass is 10.2. The number of alkyl halides is 3. The molecule has 0 atom stereocenters. The molecule has 90 valence electrons. The second-order valence-corrected chi connectivity index (χ2v) is 3.62. The number of imidazole rings is 1. The number of nitrogens with zero attached hydrogens (tertiary/aromatic N) is 2. The van der Waals surface area contributed by atoms with E-state index in [1.165, 1.54) is 17.1 Å². The van der Waals surface area contributed by atoms with Crippen LogP contribution in [-0.2, 0) is 6.18 Å².